The lowest BCUT2D eigenvalue weighted by molar-refractivity contribution is -0.139. The van der Waals surface area contributed by atoms with Crippen molar-refractivity contribution in [2.24, 2.45) is 0 Å². The Balaban J connectivity index is 1.84. The van der Waals surface area contributed by atoms with Crippen LogP contribution in [0.25, 0.3) is 0 Å². The minimum atomic E-state index is -3.65. The lowest BCUT2D eigenvalue weighted by Gasteiger charge is -2.27. The molecule has 0 fully saturated rings. The van der Waals surface area contributed by atoms with E-state index >= 15 is 0 Å². The van der Waals surface area contributed by atoms with Gasteiger partial charge in [0.15, 0.2) is 0 Å². The van der Waals surface area contributed by atoms with Crippen molar-refractivity contribution in [1.82, 2.24) is 15.4 Å². The molecule has 170 valence electrons. The summed E-state index contributed by atoms with van der Waals surface area (Å²) in [6.07, 6.45) is 1.39. The SMILES string of the molecule is CCOC(=O)C1=C(COC(=O)c2ccc(S(=O)(=O)NC)cc2)NC(=O)NC1c1ccco1. The first kappa shape index (κ1) is 23.0. The number of carbonyl (C=O) groups excluding carboxylic acids is 3. The largest absolute Gasteiger partial charge is 0.467 e. The molecule has 1 aliphatic rings. The Labute approximate surface area is 183 Å². The van der Waals surface area contributed by atoms with E-state index in [-0.39, 0.29) is 28.3 Å². The van der Waals surface area contributed by atoms with Crippen LogP contribution in [0.15, 0.2) is 63.2 Å². The zero-order valence-corrected chi connectivity index (χ0v) is 18.0. The monoisotopic (exact) mass is 463 g/mol. The Bertz CT molecular complexity index is 1140. The molecular weight excluding hydrogens is 442 g/mol. The number of benzene rings is 1. The first-order valence-electron chi connectivity index (χ1n) is 9.48. The highest BCUT2D eigenvalue weighted by atomic mass is 32.2. The number of carbonyl (C=O) groups is 3. The van der Waals surface area contributed by atoms with Crippen LogP contribution in [0.2, 0.25) is 0 Å². The summed E-state index contributed by atoms with van der Waals surface area (Å²) in [5.74, 6) is -1.20. The standard InChI is InChI=1S/C20H21N3O8S/c1-3-29-19(25)16-14(22-20(26)23-17(16)15-5-4-10-30-15)11-31-18(24)12-6-8-13(9-7-12)32(27,28)21-2/h4-10,17,21H,3,11H2,1-2H3,(H2,22,23,26). The van der Waals surface area contributed by atoms with Crippen LogP contribution < -0.4 is 15.4 Å². The van der Waals surface area contributed by atoms with Crippen LogP contribution in [0, 0.1) is 0 Å². The normalized spacial score (nSPS) is 16.2. The number of hydrogen-bond acceptors (Lipinski definition) is 8. The van der Waals surface area contributed by atoms with Gasteiger partial charge in [-0.2, -0.15) is 0 Å². The minimum Gasteiger partial charge on any atom is -0.467 e. The van der Waals surface area contributed by atoms with E-state index in [1.54, 1.807) is 19.1 Å². The van der Waals surface area contributed by atoms with Gasteiger partial charge in [-0.25, -0.2) is 27.5 Å². The van der Waals surface area contributed by atoms with Crippen molar-refractivity contribution >= 4 is 28.0 Å². The van der Waals surface area contributed by atoms with Crippen LogP contribution in [0.4, 0.5) is 4.79 Å². The third kappa shape index (κ3) is 4.98. The Hall–Kier alpha value is -3.64. The zero-order chi connectivity index (χ0) is 23.3. The quantitative estimate of drug-likeness (QED) is 0.494. The number of hydrogen-bond donors (Lipinski definition) is 3. The number of sulfonamides is 1. The highest BCUT2D eigenvalue weighted by Gasteiger charge is 2.35. The molecule has 12 heteroatoms. The molecule has 1 aliphatic heterocycles. The Kier molecular flexibility index (Phi) is 6.95. The number of furan rings is 1. The molecule has 1 unspecified atom stereocenters. The van der Waals surface area contributed by atoms with Gasteiger partial charge in [0.25, 0.3) is 0 Å². The van der Waals surface area contributed by atoms with Crippen LogP contribution in [0.3, 0.4) is 0 Å². The predicted molar refractivity (Wildman–Crippen MR) is 110 cm³/mol. The molecule has 0 saturated carbocycles. The predicted octanol–water partition coefficient (Wildman–Crippen LogP) is 1.22. The van der Waals surface area contributed by atoms with Gasteiger partial charge in [0.05, 0.1) is 34.6 Å². The second kappa shape index (κ2) is 9.66. The van der Waals surface area contributed by atoms with Crippen LogP contribution >= 0.6 is 0 Å². The highest BCUT2D eigenvalue weighted by molar-refractivity contribution is 7.89. The molecule has 0 saturated heterocycles. The first-order valence-corrected chi connectivity index (χ1v) is 11.0. The summed E-state index contributed by atoms with van der Waals surface area (Å²) in [4.78, 5) is 37.1. The topological polar surface area (TPSA) is 153 Å². The molecule has 32 heavy (non-hydrogen) atoms. The van der Waals surface area contributed by atoms with Gasteiger partial charge < -0.3 is 24.5 Å². The molecule has 1 aromatic carbocycles. The lowest BCUT2D eigenvalue weighted by Crippen LogP contribution is -2.47. The summed E-state index contributed by atoms with van der Waals surface area (Å²) in [7, 11) is -2.38. The third-order valence-electron chi connectivity index (χ3n) is 4.49. The summed E-state index contributed by atoms with van der Waals surface area (Å²) >= 11 is 0. The van der Waals surface area contributed by atoms with E-state index in [9.17, 15) is 22.8 Å². The number of urea groups is 1. The fraction of sp³-hybridized carbons (Fsp3) is 0.250. The van der Waals surface area contributed by atoms with Crippen molar-refractivity contribution in [3.8, 4) is 0 Å². The molecule has 0 radical (unpaired) electrons. The van der Waals surface area contributed by atoms with Gasteiger partial charge in [-0.1, -0.05) is 0 Å². The summed E-state index contributed by atoms with van der Waals surface area (Å²) in [5, 5.41) is 5.04. The van der Waals surface area contributed by atoms with Crippen LogP contribution in [-0.4, -0.2) is 46.6 Å². The molecule has 2 heterocycles. The maximum atomic E-state index is 12.6. The number of rotatable bonds is 8. The molecule has 0 bridgehead atoms. The zero-order valence-electron chi connectivity index (χ0n) is 17.2. The van der Waals surface area contributed by atoms with Crippen LogP contribution in [0.5, 0.6) is 0 Å². The fourth-order valence-corrected chi connectivity index (χ4v) is 3.69. The lowest BCUT2D eigenvalue weighted by atomic mass is 10.0. The van der Waals surface area contributed by atoms with Gasteiger partial charge in [-0.05, 0) is 50.4 Å². The molecule has 1 atom stereocenters. The summed E-state index contributed by atoms with van der Waals surface area (Å²) < 4.78 is 41.4. The maximum absolute atomic E-state index is 12.6. The molecule has 3 N–H and O–H groups in total. The maximum Gasteiger partial charge on any atom is 0.338 e. The molecule has 2 aromatic rings. The van der Waals surface area contributed by atoms with Gasteiger partial charge in [0.1, 0.15) is 18.4 Å². The molecule has 0 spiro atoms. The summed E-state index contributed by atoms with van der Waals surface area (Å²) in [6, 6.07) is 6.73. The average Bonchev–Trinajstić information content (AvgIpc) is 3.32. The van der Waals surface area contributed by atoms with Gasteiger partial charge in [0.2, 0.25) is 10.0 Å². The van der Waals surface area contributed by atoms with Crippen molar-refractivity contribution in [2.75, 3.05) is 20.3 Å². The van der Waals surface area contributed by atoms with Gasteiger partial charge in [-0.3, -0.25) is 0 Å². The van der Waals surface area contributed by atoms with Gasteiger partial charge >= 0.3 is 18.0 Å². The van der Waals surface area contributed by atoms with Crippen LogP contribution in [0.1, 0.15) is 29.1 Å². The molecule has 0 aliphatic carbocycles. The van der Waals surface area contributed by atoms with E-state index in [0.29, 0.717) is 5.76 Å². The first-order chi connectivity index (χ1) is 15.3. The van der Waals surface area contributed by atoms with Crippen molar-refractivity contribution in [2.45, 2.75) is 17.9 Å². The van der Waals surface area contributed by atoms with Crippen molar-refractivity contribution < 1.29 is 36.7 Å². The summed E-state index contributed by atoms with van der Waals surface area (Å²) in [5.41, 5.74) is 0.155. The van der Waals surface area contributed by atoms with E-state index in [1.165, 1.54) is 37.6 Å². The summed E-state index contributed by atoms with van der Waals surface area (Å²) in [6.45, 7) is 1.29. The highest BCUT2D eigenvalue weighted by Crippen LogP contribution is 2.28. The third-order valence-corrected chi connectivity index (χ3v) is 5.92. The number of ether oxygens (including phenoxy) is 2. The smallest absolute Gasteiger partial charge is 0.338 e. The van der Waals surface area contributed by atoms with Crippen molar-refractivity contribution in [3.05, 3.63) is 65.3 Å². The molecule has 11 nitrogen and oxygen atoms in total. The Morgan fingerprint density at radius 3 is 2.44 bits per heavy atom. The molecular formula is C20H21N3O8S. The Morgan fingerprint density at radius 1 is 1.12 bits per heavy atom. The fourth-order valence-electron chi connectivity index (χ4n) is 2.96. The van der Waals surface area contributed by atoms with E-state index in [4.69, 9.17) is 13.9 Å². The second-order valence-electron chi connectivity index (χ2n) is 6.47. The molecule has 2 amide bonds. The molecule has 3 rings (SSSR count). The number of esters is 2. The Morgan fingerprint density at radius 2 is 1.84 bits per heavy atom. The van der Waals surface area contributed by atoms with Crippen molar-refractivity contribution in [3.63, 3.8) is 0 Å². The average molecular weight is 463 g/mol. The molecule has 1 aromatic heterocycles. The van der Waals surface area contributed by atoms with E-state index in [1.807, 2.05) is 0 Å². The van der Waals surface area contributed by atoms with Gasteiger partial charge in [-0.15, -0.1) is 0 Å². The van der Waals surface area contributed by atoms with Gasteiger partial charge in [0, 0.05) is 0 Å². The van der Waals surface area contributed by atoms with Crippen LogP contribution in [-0.2, 0) is 24.3 Å². The number of nitrogens with one attached hydrogen (secondary N) is 3. The van der Waals surface area contributed by atoms with E-state index in [2.05, 4.69) is 15.4 Å². The van der Waals surface area contributed by atoms with E-state index < -0.39 is 40.6 Å². The second-order valence-corrected chi connectivity index (χ2v) is 8.35. The van der Waals surface area contributed by atoms with E-state index in [0.717, 1.165) is 0 Å². The number of amides is 2. The minimum absolute atomic E-state index is 0.0178. The van der Waals surface area contributed by atoms with Crippen molar-refractivity contribution in [1.29, 1.82) is 0 Å².